The summed E-state index contributed by atoms with van der Waals surface area (Å²) in [5, 5.41) is 0. The van der Waals surface area contributed by atoms with Gasteiger partial charge in [0.05, 0.1) is 19.6 Å². The number of amides is 2. The standard InChI is InChI=1S/C20H32N4O3/c1-17-6-7-18(27-17)14-21(2)19(25)15-22-10-12-23(13-11-22)16-20(26)24-8-4-3-5-9-24/h6-7H,3-5,8-16H2,1-2H3. The van der Waals surface area contributed by atoms with Gasteiger partial charge in [0, 0.05) is 46.3 Å². The summed E-state index contributed by atoms with van der Waals surface area (Å²) in [5.74, 6) is 2.03. The molecule has 2 aliphatic heterocycles. The lowest BCUT2D eigenvalue weighted by atomic mass is 10.1. The number of carbonyl (C=O) groups is 2. The smallest absolute Gasteiger partial charge is 0.236 e. The van der Waals surface area contributed by atoms with E-state index >= 15 is 0 Å². The summed E-state index contributed by atoms with van der Waals surface area (Å²) in [6.07, 6.45) is 3.50. The number of furan rings is 1. The Labute approximate surface area is 161 Å². The van der Waals surface area contributed by atoms with Crippen molar-refractivity contribution in [3.8, 4) is 0 Å². The van der Waals surface area contributed by atoms with Crippen molar-refractivity contribution >= 4 is 11.8 Å². The van der Waals surface area contributed by atoms with Gasteiger partial charge in [0.1, 0.15) is 11.5 Å². The molecule has 0 N–H and O–H groups in total. The van der Waals surface area contributed by atoms with Crippen LogP contribution in [0.25, 0.3) is 0 Å². The predicted molar refractivity (Wildman–Crippen MR) is 103 cm³/mol. The van der Waals surface area contributed by atoms with Crippen LogP contribution in [0.1, 0.15) is 30.8 Å². The van der Waals surface area contributed by atoms with Crippen molar-refractivity contribution < 1.29 is 14.0 Å². The molecule has 0 atom stereocenters. The number of piperazine rings is 1. The van der Waals surface area contributed by atoms with Crippen LogP contribution in [-0.2, 0) is 16.1 Å². The van der Waals surface area contributed by atoms with E-state index in [0.717, 1.165) is 63.6 Å². The highest BCUT2D eigenvalue weighted by atomic mass is 16.3. The summed E-state index contributed by atoms with van der Waals surface area (Å²) in [4.78, 5) is 33.0. The maximum atomic E-state index is 12.5. The second-order valence-corrected chi connectivity index (χ2v) is 7.76. The van der Waals surface area contributed by atoms with Crippen LogP contribution in [0, 0.1) is 6.92 Å². The van der Waals surface area contributed by atoms with Crippen LogP contribution in [-0.4, -0.2) is 90.8 Å². The minimum atomic E-state index is 0.0990. The van der Waals surface area contributed by atoms with E-state index in [0.29, 0.717) is 19.6 Å². The molecule has 2 amide bonds. The van der Waals surface area contributed by atoms with E-state index < -0.39 is 0 Å². The Kier molecular flexibility index (Phi) is 6.90. The Hall–Kier alpha value is -1.86. The average Bonchev–Trinajstić information content (AvgIpc) is 3.08. The summed E-state index contributed by atoms with van der Waals surface area (Å²) in [5.41, 5.74) is 0. The third kappa shape index (κ3) is 5.81. The zero-order valence-corrected chi connectivity index (χ0v) is 16.7. The lowest BCUT2D eigenvalue weighted by molar-refractivity contribution is -0.135. The average molecular weight is 377 g/mol. The molecule has 1 aromatic heterocycles. The fraction of sp³-hybridized carbons (Fsp3) is 0.700. The summed E-state index contributed by atoms with van der Waals surface area (Å²) >= 11 is 0. The number of hydrogen-bond donors (Lipinski definition) is 0. The van der Waals surface area contributed by atoms with E-state index in [1.54, 1.807) is 4.90 Å². The normalized spacial score (nSPS) is 19.3. The number of piperidine rings is 1. The first-order chi connectivity index (χ1) is 13.0. The van der Waals surface area contributed by atoms with Crippen LogP contribution in [0.2, 0.25) is 0 Å². The second-order valence-electron chi connectivity index (χ2n) is 7.76. The predicted octanol–water partition coefficient (Wildman–Crippen LogP) is 1.18. The highest BCUT2D eigenvalue weighted by Gasteiger charge is 2.24. The van der Waals surface area contributed by atoms with Crippen LogP contribution >= 0.6 is 0 Å². The fourth-order valence-electron chi connectivity index (χ4n) is 3.74. The van der Waals surface area contributed by atoms with E-state index in [-0.39, 0.29) is 11.8 Å². The Balaban J connectivity index is 1.37. The monoisotopic (exact) mass is 376 g/mol. The van der Waals surface area contributed by atoms with Crippen LogP contribution in [0.15, 0.2) is 16.5 Å². The Bertz CT molecular complexity index is 631. The van der Waals surface area contributed by atoms with Crippen molar-refractivity contribution in [1.82, 2.24) is 19.6 Å². The lowest BCUT2D eigenvalue weighted by Gasteiger charge is -2.36. The van der Waals surface area contributed by atoms with Gasteiger partial charge in [-0.05, 0) is 38.3 Å². The molecule has 3 rings (SSSR count). The SMILES string of the molecule is Cc1ccc(CN(C)C(=O)CN2CCN(CC(=O)N3CCCCC3)CC2)o1. The van der Waals surface area contributed by atoms with Gasteiger partial charge in [0.15, 0.2) is 0 Å². The molecule has 1 aromatic rings. The summed E-state index contributed by atoms with van der Waals surface area (Å²) in [6, 6.07) is 3.83. The zero-order chi connectivity index (χ0) is 19.2. The molecule has 0 aliphatic carbocycles. The number of rotatable bonds is 6. The van der Waals surface area contributed by atoms with Gasteiger partial charge in [-0.15, -0.1) is 0 Å². The molecule has 7 heteroatoms. The molecule has 3 heterocycles. The third-order valence-corrected chi connectivity index (χ3v) is 5.51. The number of hydrogen-bond acceptors (Lipinski definition) is 5. The Morgan fingerprint density at radius 1 is 0.963 bits per heavy atom. The highest BCUT2D eigenvalue weighted by Crippen LogP contribution is 2.11. The molecule has 7 nitrogen and oxygen atoms in total. The lowest BCUT2D eigenvalue weighted by Crippen LogP contribution is -2.52. The minimum Gasteiger partial charge on any atom is -0.464 e. The molecule has 2 aliphatic rings. The molecule has 150 valence electrons. The molecule has 0 spiro atoms. The number of likely N-dealkylation sites (tertiary alicyclic amines) is 1. The topological polar surface area (TPSA) is 60.2 Å². The van der Waals surface area contributed by atoms with Gasteiger partial charge >= 0.3 is 0 Å². The van der Waals surface area contributed by atoms with Crippen LogP contribution in [0.4, 0.5) is 0 Å². The maximum Gasteiger partial charge on any atom is 0.236 e. The largest absolute Gasteiger partial charge is 0.464 e. The van der Waals surface area contributed by atoms with E-state index in [1.165, 1.54) is 6.42 Å². The molecule has 2 saturated heterocycles. The Morgan fingerprint density at radius 2 is 1.59 bits per heavy atom. The molecule has 0 unspecified atom stereocenters. The molecule has 0 radical (unpaired) electrons. The van der Waals surface area contributed by atoms with E-state index in [2.05, 4.69) is 9.80 Å². The van der Waals surface area contributed by atoms with Crippen molar-refractivity contribution in [3.63, 3.8) is 0 Å². The molecule has 0 saturated carbocycles. The van der Waals surface area contributed by atoms with Gasteiger partial charge in [-0.2, -0.15) is 0 Å². The van der Waals surface area contributed by atoms with Crippen molar-refractivity contribution in [3.05, 3.63) is 23.7 Å². The van der Waals surface area contributed by atoms with Crippen LogP contribution in [0.5, 0.6) is 0 Å². The van der Waals surface area contributed by atoms with Crippen molar-refractivity contribution in [2.24, 2.45) is 0 Å². The molecule has 27 heavy (non-hydrogen) atoms. The minimum absolute atomic E-state index is 0.0990. The van der Waals surface area contributed by atoms with Crippen LogP contribution < -0.4 is 0 Å². The summed E-state index contributed by atoms with van der Waals surface area (Å²) in [6.45, 7) is 8.49. The summed E-state index contributed by atoms with van der Waals surface area (Å²) in [7, 11) is 1.81. The first kappa shape index (κ1) is 19.9. The van der Waals surface area contributed by atoms with E-state index in [1.807, 2.05) is 31.0 Å². The highest BCUT2D eigenvalue weighted by molar-refractivity contribution is 5.78. The molecule has 0 aromatic carbocycles. The number of nitrogens with zero attached hydrogens (tertiary/aromatic N) is 4. The second kappa shape index (κ2) is 9.37. The van der Waals surface area contributed by atoms with E-state index in [9.17, 15) is 9.59 Å². The molecular weight excluding hydrogens is 344 g/mol. The van der Waals surface area contributed by atoms with Gasteiger partial charge in [0.25, 0.3) is 0 Å². The molecule has 2 fully saturated rings. The van der Waals surface area contributed by atoms with Gasteiger partial charge < -0.3 is 14.2 Å². The fourth-order valence-corrected chi connectivity index (χ4v) is 3.74. The maximum absolute atomic E-state index is 12.5. The molecular formula is C20H32N4O3. The number of aryl methyl sites for hydroxylation is 1. The van der Waals surface area contributed by atoms with Crippen molar-refractivity contribution in [1.29, 1.82) is 0 Å². The van der Waals surface area contributed by atoms with Crippen LogP contribution in [0.3, 0.4) is 0 Å². The van der Waals surface area contributed by atoms with E-state index in [4.69, 9.17) is 4.42 Å². The van der Waals surface area contributed by atoms with Gasteiger partial charge in [-0.1, -0.05) is 0 Å². The van der Waals surface area contributed by atoms with Crippen molar-refractivity contribution in [2.45, 2.75) is 32.7 Å². The first-order valence-corrected chi connectivity index (χ1v) is 10.0. The first-order valence-electron chi connectivity index (χ1n) is 10.0. The van der Waals surface area contributed by atoms with Gasteiger partial charge in [-0.3, -0.25) is 19.4 Å². The molecule has 0 bridgehead atoms. The summed E-state index contributed by atoms with van der Waals surface area (Å²) < 4.78 is 5.55. The Morgan fingerprint density at radius 3 is 2.19 bits per heavy atom. The van der Waals surface area contributed by atoms with Crippen molar-refractivity contribution in [2.75, 3.05) is 59.4 Å². The number of likely N-dealkylation sites (N-methyl/N-ethyl adjacent to an activating group) is 1. The van der Waals surface area contributed by atoms with Gasteiger partial charge in [-0.25, -0.2) is 0 Å². The van der Waals surface area contributed by atoms with Gasteiger partial charge in [0.2, 0.25) is 11.8 Å². The zero-order valence-electron chi connectivity index (χ0n) is 16.7. The quantitative estimate of drug-likeness (QED) is 0.746. The third-order valence-electron chi connectivity index (χ3n) is 5.51. The number of carbonyl (C=O) groups excluding carboxylic acids is 2.